The number of thiazole rings is 1. The van der Waals surface area contributed by atoms with Gasteiger partial charge in [-0.1, -0.05) is 6.92 Å². The molecule has 4 heteroatoms. The van der Waals surface area contributed by atoms with E-state index in [9.17, 15) is 0 Å². The molecule has 0 amide bonds. The van der Waals surface area contributed by atoms with Gasteiger partial charge in [-0.25, -0.2) is 4.98 Å². The van der Waals surface area contributed by atoms with Crippen molar-refractivity contribution in [1.29, 1.82) is 0 Å². The summed E-state index contributed by atoms with van der Waals surface area (Å²) in [5, 5.41) is 4.52. The van der Waals surface area contributed by atoms with Gasteiger partial charge in [0.25, 0.3) is 0 Å². The molecule has 1 N–H and O–H groups in total. The van der Waals surface area contributed by atoms with Crippen molar-refractivity contribution >= 4 is 11.3 Å². The van der Waals surface area contributed by atoms with Gasteiger partial charge in [-0.2, -0.15) is 0 Å². The molecule has 0 bridgehead atoms. The van der Waals surface area contributed by atoms with E-state index in [-0.39, 0.29) is 0 Å². The highest BCUT2D eigenvalue weighted by Gasteiger charge is 1.96. The molecule has 15 heavy (non-hydrogen) atoms. The van der Waals surface area contributed by atoms with Gasteiger partial charge in [-0.15, -0.1) is 11.3 Å². The number of rotatable bonds is 8. The van der Waals surface area contributed by atoms with Crippen LogP contribution < -0.4 is 5.32 Å². The second-order valence-electron chi connectivity index (χ2n) is 3.49. The molecule has 0 aliphatic heterocycles. The lowest BCUT2D eigenvalue weighted by molar-refractivity contribution is 0.132. The Morgan fingerprint density at radius 1 is 1.47 bits per heavy atom. The van der Waals surface area contributed by atoms with E-state index in [1.54, 1.807) is 11.3 Å². The van der Waals surface area contributed by atoms with Crippen molar-refractivity contribution in [1.82, 2.24) is 10.3 Å². The highest BCUT2D eigenvalue weighted by molar-refractivity contribution is 7.11. The third kappa shape index (κ3) is 5.87. The first-order valence-corrected chi connectivity index (χ1v) is 6.34. The SMILES string of the molecule is CCCOCCCNCc1cnc(C)s1. The molecule has 1 aromatic rings. The Hall–Kier alpha value is -0.450. The molecule has 0 unspecified atom stereocenters. The third-order valence-corrected chi connectivity index (χ3v) is 2.87. The summed E-state index contributed by atoms with van der Waals surface area (Å²) in [7, 11) is 0. The van der Waals surface area contributed by atoms with Gasteiger partial charge in [0.15, 0.2) is 0 Å². The Morgan fingerprint density at radius 3 is 3.00 bits per heavy atom. The second kappa shape index (κ2) is 7.79. The van der Waals surface area contributed by atoms with Gasteiger partial charge in [-0.05, 0) is 26.3 Å². The average molecular weight is 228 g/mol. The predicted molar refractivity (Wildman–Crippen MR) is 64.3 cm³/mol. The molecule has 0 radical (unpaired) electrons. The number of nitrogens with zero attached hydrogens (tertiary/aromatic N) is 1. The summed E-state index contributed by atoms with van der Waals surface area (Å²) in [5.74, 6) is 0. The highest BCUT2D eigenvalue weighted by Crippen LogP contribution is 2.10. The normalized spacial score (nSPS) is 10.8. The fraction of sp³-hybridized carbons (Fsp3) is 0.727. The zero-order chi connectivity index (χ0) is 10.9. The Kier molecular flexibility index (Phi) is 6.55. The Balaban J connectivity index is 1.93. The van der Waals surface area contributed by atoms with Crippen LogP contribution in [0.2, 0.25) is 0 Å². The van der Waals surface area contributed by atoms with Crippen LogP contribution in [0.15, 0.2) is 6.20 Å². The molecule has 1 rings (SSSR count). The first kappa shape index (κ1) is 12.6. The van der Waals surface area contributed by atoms with Gasteiger partial charge in [0.1, 0.15) is 0 Å². The van der Waals surface area contributed by atoms with E-state index in [1.807, 2.05) is 13.1 Å². The summed E-state index contributed by atoms with van der Waals surface area (Å²) in [5.41, 5.74) is 0. The lowest BCUT2D eigenvalue weighted by atomic mass is 10.4. The minimum atomic E-state index is 0.864. The summed E-state index contributed by atoms with van der Waals surface area (Å²) in [6.07, 6.45) is 4.13. The van der Waals surface area contributed by atoms with Crippen molar-refractivity contribution in [2.75, 3.05) is 19.8 Å². The standard InChI is InChI=1S/C11H20N2OS/c1-3-6-14-7-4-5-12-8-11-9-13-10(2)15-11/h9,12H,3-8H2,1-2H3. The number of aryl methyl sites for hydroxylation is 1. The molecule has 0 saturated heterocycles. The maximum atomic E-state index is 5.39. The van der Waals surface area contributed by atoms with Crippen molar-refractivity contribution in [2.45, 2.75) is 33.2 Å². The van der Waals surface area contributed by atoms with Crippen LogP contribution in [0.3, 0.4) is 0 Å². The van der Waals surface area contributed by atoms with Crippen molar-refractivity contribution < 1.29 is 4.74 Å². The van der Waals surface area contributed by atoms with Crippen LogP contribution in [-0.2, 0) is 11.3 Å². The summed E-state index contributed by atoms with van der Waals surface area (Å²) < 4.78 is 5.39. The average Bonchev–Trinajstić information content (AvgIpc) is 2.63. The zero-order valence-corrected chi connectivity index (χ0v) is 10.4. The molecule has 0 saturated carbocycles. The van der Waals surface area contributed by atoms with Crippen LogP contribution in [0.1, 0.15) is 29.7 Å². The van der Waals surface area contributed by atoms with E-state index >= 15 is 0 Å². The number of ether oxygens (including phenoxy) is 1. The van der Waals surface area contributed by atoms with Crippen LogP contribution >= 0.6 is 11.3 Å². The zero-order valence-electron chi connectivity index (χ0n) is 9.58. The monoisotopic (exact) mass is 228 g/mol. The predicted octanol–water partition coefficient (Wildman–Crippen LogP) is 2.36. The third-order valence-electron chi connectivity index (χ3n) is 1.96. The van der Waals surface area contributed by atoms with E-state index in [2.05, 4.69) is 17.2 Å². The fourth-order valence-corrected chi connectivity index (χ4v) is 2.01. The lowest BCUT2D eigenvalue weighted by Crippen LogP contribution is -2.15. The summed E-state index contributed by atoms with van der Waals surface area (Å²) in [4.78, 5) is 5.52. The van der Waals surface area contributed by atoms with Gasteiger partial charge in [-0.3, -0.25) is 0 Å². The molecule has 86 valence electrons. The molecule has 0 spiro atoms. The van der Waals surface area contributed by atoms with E-state index in [4.69, 9.17) is 4.74 Å². The van der Waals surface area contributed by atoms with Crippen molar-refractivity contribution in [3.8, 4) is 0 Å². The van der Waals surface area contributed by atoms with E-state index in [0.29, 0.717) is 0 Å². The molecule has 1 aromatic heterocycles. The van der Waals surface area contributed by atoms with E-state index < -0.39 is 0 Å². The molecular weight excluding hydrogens is 208 g/mol. The van der Waals surface area contributed by atoms with Crippen molar-refractivity contribution in [2.24, 2.45) is 0 Å². The van der Waals surface area contributed by atoms with Crippen LogP contribution in [0.4, 0.5) is 0 Å². The smallest absolute Gasteiger partial charge is 0.0897 e. The number of aromatic nitrogens is 1. The van der Waals surface area contributed by atoms with E-state index in [1.165, 1.54) is 4.88 Å². The van der Waals surface area contributed by atoms with Crippen molar-refractivity contribution in [3.63, 3.8) is 0 Å². The van der Waals surface area contributed by atoms with E-state index in [0.717, 1.165) is 44.2 Å². The van der Waals surface area contributed by atoms with Crippen LogP contribution in [0.5, 0.6) is 0 Å². The Morgan fingerprint density at radius 2 is 2.33 bits per heavy atom. The highest BCUT2D eigenvalue weighted by atomic mass is 32.1. The summed E-state index contributed by atoms with van der Waals surface area (Å²) >= 11 is 1.75. The Bertz CT molecular complexity index is 263. The van der Waals surface area contributed by atoms with Gasteiger partial charge in [0.2, 0.25) is 0 Å². The Labute approximate surface area is 95.9 Å². The molecule has 0 aliphatic carbocycles. The minimum Gasteiger partial charge on any atom is -0.381 e. The van der Waals surface area contributed by atoms with Gasteiger partial charge in [0.05, 0.1) is 5.01 Å². The molecule has 0 aromatic carbocycles. The molecule has 3 nitrogen and oxygen atoms in total. The van der Waals surface area contributed by atoms with Crippen molar-refractivity contribution in [3.05, 3.63) is 16.1 Å². The quantitative estimate of drug-likeness (QED) is 0.694. The number of hydrogen-bond acceptors (Lipinski definition) is 4. The summed E-state index contributed by atoms with van der Waals surface area (Å²) in [6, 6.07) is 0. The van der Waals surface area contributed by atoms with Crippen LogP contribution in [0, 0.1) is 6.92 Å². The number of nitrogens with one attached hydrogen (secondary N) is 1. The molecule has 0 aliphatic rings. The second-order valence-corrected chi connectivity index (χ2v) is 4.81. The van der Waals surface area contributed by atoms with Gasteiger partial charge < -0.3 is 10.1 Å². The minimum absolute atomic E-state index is 0.864. The molecular formula is C11H20N2OS. The first-order valence-electron chi connectivity index (χ1n) is 5.52. The molecule has 0 atom stereocenters. The lowest BCUT2D eigenvalue weighted by Gasteiger charge is -2.03. The van der Waals surface area contributed by atoms with Crippen LogP contribution in [-0.4, -0.2) is 24.7 Å². The maximum absolute atomic E-state index is 5.39. The number of hydrogen-bond donors (Lipinski definition) is 1. The summed E-state index contributed by atoms with van der Waals surface area (Å²) in [6.45, 7) is 7.85. The topological polar surface area (TPSA) is 34.1 Å². The molecule has 0 fully saturated rings. The van der Waals surface area contributed by atoms with Crippen LogP contribution in [0.25, 0.3) is 0 Å². The first-order chi connectivity index (χ1) is 7.33. The fourth-order valence-electron chi connectivity index (χ4n) is 1.24. The maximum Gasteiger partial charge on any atom is 0.0897 e. The van der Waals surface area contributed by atoms with Gasteiger partial charge in [0, 0.05) is 30.8 Å². The molecule has 1 heterocycles. The van der Waals surface area contributed by atoms with Gasteiger partial charge >= 0.3 is 0 Å². The largest absolute Gasteiger partial charge is 0.381 e.